The zero-order valence-electron chi connectivity index (χ0n) is 11.4. The van der Waals surface area contributed by atoms with Crippen LogP contribution in [0.15, 0.2) is 36.4 Å². The van der Waals surface area contributed by atoms with Gasteiger partial charge in [0.25, 0.3) is 0 Å². The van der Waals surface area contributed by atoms with Crippen molar-refractivity contribution in [1.82, 2.24) is 0 Å². The summed E-state index contributed by atoms with van der Waals surface area (Å²) >= 11 is 12.0. The van der Waals surface area contributed by atoms with Gasteiger partial charge in [-0.05, 0) is 35.4 Å². The van der Waals surface area contributed by atoms with Crippen molar-refractivity contribution < 1.29 is 9.47 Å². The van der Waals surface area contributed by atoms with Crippen LogP contribution < -0.4 is 9.47 Å². The molecule has 0 amide bonds. The molecule has 0 N–H and O–H groups in total. The first kappa shape index (κ1) is 15.5. The van der Waals surface area contributed by atoms with Gasteiger partial charge in [-0.15, -0.1) is 11.6 Å². The molecule has 0 aliphatic rings. The molecule has 0 unspecified atom stereocenters. The van der Waals surface area contributed by atoms with Crippen LogP contribution in [0.1, 0.15) is 16.7 Å². The molecule has 3 nitrogen and oxygen atoms in total. The van der Waals surface area contributed by atoms with Crippen molar-refractivity contribution >= 4 is 23.2 Å². The van der Waals surface area contributed by atoms with Gasteiger partial charge in [0.05, 0.1) is 23.8 Å². The zero-order chi connectivity index (χ0) is 15.2. The second-order valence-corrected chi connectivity index (χ2v) is 5.01. The highest BCUT2D eigenvalue weighted by Crippen LogP contribution is 2.37. The Balaban J connectivity index is 2.17. The Bertz CT molecular complexity index is 663. The number of rotatable bonds is 5. The summed E-state index contributed by atoms with van der Waals surface area (Å²) in [5.41, 5.74) is 2.42. The summed E-state index contributed by atoms with van der Waals surface area (Å²) in [6, 6.07) is 12.8. The molecule has 0 radical (unpaired) electrons. The van der Waals surface area contributed by atoms with Crippen LogP contribution >= 0.6 is 23.2 Å². The van der Waals surface area contributed by atoms with Gasteiger partial charge in [-0.2, -0.15) is 5.26 Å². The normalized spacial score (nSPS) is 10.0. The number of hydrogen-bond acceptors (Lipinski definition) is 3. The Kier molecular flexibility index (Phi) is 5.32. The first-order valence-corrected chi connectivity index (χ1v) is 7.13. The van der Waals surface area contributed by atoms with Gasteiger partial charge in [-0.1, -0.05) is 23.7 Å². The molecule has 2 aromatic carbocycles. The molecule has 0 aliphatic carbocycles. The van der Waals surface area contributed by atoms with Gasteiger partial charge in [-0.3, -0.25) is 0 Å². The summed E-state index contributed by atoms with van der Waals surface area (Å²) in [6.07, 6.45) is 0. The molecular weight excluding hydrogens is 309 g/mol. The summed E-state index contributed by atoms with van der Waals surface area (Å²) in [6.45, 7) is 0.335. The third-order valence-electron chi connectivity index (χ3n) is 2.91. The van der Waals surface area contributed by atoms with Crippen molar-refractivity contribution in [3.05, 3.63) is 58.1 Å². The Labute approximate surface area is 133 Å². The number of ether oxygens (including phenoxy) is 2. The van der Waals surface area contributed by atoms with E-state index in [0.29, 0.717) is 34.6 Å². The van der Waals surface area contributed by atoms with Crippen molar-refractivity contribution in [2.75, 3.05) is 7.11 Å². The van der Waals surface area contributed by atoms with Gasteiger partial charge >= 0.3 is 0 Å². The number of methoxy groups -OCH3 is 1. The molecule has 0 fully saturated rings. The van der Waals surface area contributed by atoms with Crippen LogP contribution in [0.25, 0.3) is 0 Å². The minimum Gasteiger partial charge on any atom is -0.493 e. The van der Waals surface area contributed by atoms with Crippen LogP contribution in [0.4, 0.5) is 0 Å². The number of nitrogens with zero attached hydrogens (tertiary/aromatic N) is 1. The van der Waals surface area contributed by atoms with Crippen LogP contribution in [0.5, 0.6) is 11.5 Å². The van der Waals surface area contributed by atoms with E-state index in [1.54, 1.807) is 31.4 Å². The second-order valence-electron chi connectivity index (χ2n) is 4.34. The number of halogens is 2. The predicted molar refractivity (Wildman–Crippen MR) is 83.1 cm³/mol. The monoisotopic (exact) mass is 321 g/mol. The van der Waals surface area contributed by atoms with Gasteiger partial charge in [0.15, 0.2) is 11.5 Å². The second kappa shape index (κ2) is 7.21. The fourth-order valence-electron chi connectivity index (χ4n) is 1.82. The highest BCUT2D eigenvalue weighted by atomic mass is 35.5. The molecule has 0 atom stereocenters. The molecular formula is C16H13Cl2NO2. The smallest absolute Gasteiger partial charge is 0.180 e. The highest BCUT2D eigenvalue weighted by Gasteiger charge is 2.12. The van der Waals surface area contributed by atoms with Crippen molar-refractivity contribution in [3.8, 4) is 17.6 Å². The topological polar surface area (TPSA) is 42.2 Å². The molecule has 0 saturated heterocycles. The van der Waals surface area contributed by atoms with Gasteiger partial charge < -0.3 is 9.47 Å². The Morgan fingerprint density at radius 1 is 1.14 bits per heavy atom. The fourth-order valence-corrected chi connectivity index (χ4v) is 2.26. The average molecular weight is 322 g/mol. The maximum atomic E-state index is 8.76. The highest BCUT2D eigenvalue weighted by molar-refractivity contribution is 6.32. The molecule has 0 bridgehead atoms. The van der Waals surface area contributed by atoms with E-state index in [0.717, 1.165) is 11.1 Å². The van der Waals surface area contributed by atoms with Gasteiger partial charge in [-0.25, -0.2) is 0 Å². The first-order chi connectivity index (χ1) is 10.2. The predicted octanol–water partition coefficient (Wildman–Crippen LogP) is 4.54. The molecule has 0 aromatic heterocycles. The quantitative estimate of drug-likeness (QED) is 0.759. The molecule has 2 rings (SSSR count). The maximum absolute atomic E-state index is 8.76. The van der Waals surface area contributed by atoms with E-state index in [2.05, 4.69) is 6.07 Å². The van der Waals surface area contributed by atoms with E-state index >= 15 is 0 Å². The van der Waals surface area contributed by atoms with Crippen LogP contribution in [-0.2, 0) is 12.5 Å². The zero-order valence-corrected chi connectivity index (χ0v) is 12.9. The summed E-state index contributed by atoms with van der Waals surface area (Å²) in [5, 5.41) is 9.22. The molecule has 2 aromatic rings. The number of alkyl halides is 1. The van der Waals surface area contributed by atoms with Crippen LogP contribution in [0.3, 0.4) is 0 Å². The number of benzene rings is 2. The lowest BCUT2D eigenvalue weighted by Crippen LogP contribution is -1.99. The molecule has 0 aliphatic heterocycles. The lowest BCUT2D eigenvalue weighted by Gasteiger charge is -2.13. The van der Waals surface area contributed by atoms with Gasteiger partial charge in [0.2, 0.25) is 0 Å². The third kappa shape index (κ3) is 3.81. The Morgan fingerprint density at radius 3 is 2.43 bits per heavy atom. The summed E-state index contributed by atoms with van der Waals surface area (Å²) < 4.78 is 11.0. The van der Waals surface area contributed by atoms with E-state index in [4.69, 9.17) is 37.9 Å². The molecule has 108 valence electrons. The van der Waals surface area contributed by atoms with Crippen LogP contribution in [-0.4, -0.2) is 7.11 Å². The van der Waals surface area contributed by atoms with E-state index < -0.39 is 0 Å². The van der Waals surface area contributed by atoms with E-state index in [1.165, 1.54) is 0 Å². The van der Waals surface area contributed by atoms with Crippen molar-refractivity contribution in [1.29, 1.82) is 5.26 Å². The van der Waals surface area contributed by atoms with Crippen molar-refractivity contribution in [2.24, 2.45) is 0 Å². The minimum absolute atomic E-state index is 0.335. The van der Waals surface area contributed by atoms with E-state index in [-0.39, 0.29) is 0 Å². The van der Waals surface area contributed by atoms with Crippen molar-refractivity contribution in [3.63, 3.8) is 0 Å². The lowest BCUT2D eigenvalue weighted by molar-refractivity contribution is 0.284. The Hall–Kier alpha value is -1.89. The number of nitriles is 1. The van der Waals surface area contributed by atoms with E-state index in [1.807, 2.05) is 12.1 Å². The number of hydrogen-bond donors (Lipinski definition) is 0. The first-order valence-electron chi connectivity index (χ1n) is 6.22. The molecule has 0 spiro atoms. The van der Waals surface area contributed by atoms with Gasteiger partial charge in [0.1, 0.15) is 6.61 Å². The van der Waals surface area contributed by atoms with Crippen molar-refractivity contribution in [2.45, 2.75) is 12.5 Å². The summed E-state index contributed by atoms with van der Waals surface area (Å²) in [7, 11) is 1.55. The Morgan fingerprint density at radius 2 is 1.86 bits per heavy atom. The lowest BCUT2D eigenvalue weighted by atomic mass is 10.1. The average Bonchev–Trinajstić information content (AvgIpc) is 2.53. The van der Waals surface area contributed by atoms with E-state index in [9.17, 15) is 0 Å². The van der Waals surface area contributed by atoms with Gasteiger partial charge in [0, 0.05) is 5.88 Å². The third-order valence-corrected chi connectivity index (χ3v) is 3.50. The molecule has 5 heteroatoms. The minimum atomic E-state index is 0.335. The standard InChI is InChI=1S/C16H13Cl2NO2/c1-20-15-7-13(8-17)6-14(18)16(15)21-10-12-4-2-11(9-19)3-5-12/h2-7H,8,10H2,1H3. The SMILES string of the molecule is COc1cc(CCl)cc(Cl)c1OCc1ccc(C#N)cc1. The van der Waals surface area contributed by atoms with Crippen LogP contribution in [0, 0.1) is 11.3 Å². The fraction of sp³-hybridized carbons (Fsp3) is 0.188. The summed E-state index contributed by atoms with van der Waals surface area (Å²) in [5.74, 6) is 1.38. The van der Waals surface area contributed by atoms with Crippen LogP contribution in [0.2, 0.25) is 5.02 Å². The molecule has 0 saturated carbocycles. The largest absolute Gasteiger partial charge is 0.493 e. The maximum Gasteiger partial charge on any atom is 0.180 e. The summed E-state index contributed by atoms with van der Waals surface area (Å²) in [4.78, 5) is 0. The molecule has 21 heavy (non-hydrogen) atoms. The molecule has 0 heterocycles.